The van der Waals surface area contributed by atoms with Crippen molar-refractivity contribution in [1.82, 2.24) is 14.5 Å². The molecule has 0 aliphatic carbocycles. The van der Waals surface area contributed by atoms with Gasteiger partial charge < -0.3 is 14.2 Å². The van der Waals surface area contributed by atoms with E-state index in [1.807, 2.05) is 66.4 Å². The standard InChI is InChI=1S/C27H34N4O3/c1-2-34-20-8-17-31-24-12-7-6-11-23(24)28-27(31)29-26(33)22-15-18-30(19-16-22)25(32)14-13-21-9-4-3-5-10-21/h3-7,9-12,22H,2,8,13-20H2,1H3,(H,28,29,33). The van der Waals surface area contributed by atoms with Gasteiger partial charge in [0.15, 0.2) is 0 Å². The number of fused-ring (bicyclic) bond motifs is 1. The monoisotopic (exact) mass is 462 g/mol. The second kappa shape index (κ2) is 11.8. The second-order valence-electron chi connectivity index (χ2n) is 8.76. The van der Waals surface area contributed by atoms with Crippen LogP contribution in [0.4, 0.5) is 5.95 Å². The highest BCUT2D eigenvalue weighted by molar-refractivity contribution is 5.93. The summed E-state index contributed by atoms with van der Waals surface area (Å²) in [6.45, 7) is 5.33. The third kappa shape index (κ3) is 6.03. The number of amides is 2. The molecule has 3 aromatic rings. The fourth-order valence-electron chi connectivity index (χ4n) is 4.52. The average Bonchev–Trinajstić information content (AvgIpc) is 3.22. The van der Waals surface area contributed by atoms with E-state index in [1.165, 1.54) is 5.56 Å². The van der Waals surface area contributed by atoms with E-state index in [-0.39, 0.29) is 17.7 Å². The van der Waals surface area contributed by atoms with Crippen LogP contribution in [0.5, 0.6) is 0 Å². The number of imidazole rings is 1. The first-order valence-electron chi connectivity index (χ1n) is 12.3. The van der Waals surface area contributed by atoms with Crippen molar-refractivity contribution in [3.63, 3.8) is 0 Å². The van der Waals surface area contributed by atoms with E-state index in [2.05, 4.69) is 14.9 Å². The maximum atomic E-state index is 13.1. The van der Waals surface area contributed by atoms with E-state index in [1.54, 1.807) is 0 Å². The summed E-state index contributed by atoms with van der Waals surface area (Å²) in [5, 5.41) is 3.07. The van der Waals surface area contributed by atoms with Gasteiger partial charge in [0, 0.05) is 45.2 Å². The number of aryl methyl sites for hydroxylation is 2. The smallest absolute Gasteiger partial charge is 0.229 e. The molecule has 0 radical (unpaired) electrons. The first-order valence-corrected chi connectivity index (χ1v) is 12.3. The molecule has 7 heteroatoms. The predicted molar refractivity (Wildman–Crippen MR) is 134 cm³/mol. The van der Waals surface area contributed by atoms with Gasteiger partial charge in [-0.05, 0) is 50.3 Å². The number of hydrogen-bond donors (Lipinski definition) is 1. The van der Waals surface area contributed by atoms with E-state index in [0.29, 0.717) is 51.5 Å². The lowest BCUT2D eigenvalue weighted by atomic mass is 9.95. The van der Waals surface area contributed by atoms with Gasteiger partial charge in [0.1, 0.15) is 0 Å². The second-order valence-corrected chi connectivity index (χ2v) is 8.76. The largest absolute Gasteiger partial charge is 0.382 e. The number of anilines is 1. The fraction of sp³-hybridized carbons (Fsp3) is 0.444. The van der Waals surface area contributed by atoms with Crippen LogP contribution in [-0.2, 0) is 27.3 Å². The number of ether oxygens (including phenoxy) is 1. The minimum Gasteiger partial charge on any atom is -0.382 e. The number of likely N-dealkylation sites (tertiary alicyclic amines) is 1. The minimum atomic E-state index is -0.116. The van der Waals surface area contributed by atoms with Crippen molar-refractivity contribution in [2.75, 3.05) is 31.6 Å². The molecule has 1 aliphatic rings. The molecule has 0 bridgehead atoms. The van der Waals surface area contributed by atoms with Crippen molar-refractivity contribution in [1.29, 1.82) is 0 Å². The quantitative estimate of drug-likeness (QED) is 0.457. The Kier molecular flexibility index (Phi) is 8.31. The maximum Gasteiger partial charge on any atom is 0.229 e. The fourth-order valence-corrected chi connectivity index (χ4v) is 4.52. The molecule has 1 aromatic heterocycles. The van der Waals surface area contributed by atoms with E-state index in [9.17, 15) is 9.59 Å². The molecule has 0 spiro atoms. The van der Waals surface area contributed by atoms with E-state index in [4.69, 9.17) is 4.74 Å². The summed E-state index contributed by atoms with van der Waals surface area (Å²) in [5.41, 5.74) is 3.05. The Hall–Kier alpha value is -3.19. The van der Waals surface area contributed by atoms with Crippen molar-refractivity contribution in [2.24, 2.45) is 5.92 Å². The Morgan fingerprint density at radius 3 is 2.56 bits per heavy atom. The van der Waals surface area contributed by atoms with Crippen LogP contribution in [0.15, 0.2) is 54.6 Å². The molecule has 2 aromatic carbocycles. The number of piperidine rings is 1. The third-order valence-electron chi connectivity index (χ3n) is 6.45. The van der Waals surface area contributed by atoms with Crippen molar-refractivity contribution >= 4 is 28.8 Å². The number of carbonyl (C=O) groups is 2. The summed E-state index contributed by atoms with van der Waals surface area (Å²) < 4.78 is 7.54. The van der Waals surface area contributed by atoms with Crippen LogP contribution in [0, 0.1) is 5.92 Å². The van der Waals surface area contributed by atoms with Crippen LogP contribution in [0.2, 0.25) is 0 Å². The molecule has 7 nitrogen and oxygen atoms in total. The van der Waals surface area contributed by atoms with Crippen LogP contribution in [0.25, 0.3) is 11.0 Å². The zero-order valence-corrected chi connectivity index (χ0v) is 19.9. The van der Waals surface area contributed by atoms with Crippen molar-refractivity contribution in [3.8, 4) is 0 Å². The van der Waals surface area contributed by atoms with Crippen LogP contribution in [0.1, 0.15) is 38.2 Å². The number of carbonyl (C=O) groups excluding carboxylic acids is 2. The van der Waals surface area contributed by atoms with Crippen LogP contribution in [0.3, 0.4) is 0 Å². The summed E-state index contributed by atoms with van der Waals surface area (Å²) in [6.07, 6.45) is 3.45. The molecule has 1 aliphatic heterocycles. The molecule has 180 valence electrons. The summed E-state index contributed by atoms with van der Waals surface area (Å²) in [4.78, 5) is 32.3. The van der Waals surface area contributed by atoms with E-state index >= 15 is 0 Å². The number of aromatic nitrogens is 2. The Morgan fingerprint density at radius 2 is 1.79 bits per heavy atom. The first kappa shape index (κ1) is 24.0. The van der Waals surface area contributed by atoms with Gasteiger partial charge in [-0.1, -0.05) is 42.5 Å². The first-order chi connectivity index (χ1) is 16.7. The number of para-hydroxylation sites is 2. The van der Waals surface area contributed by atoms with Gasteiger partial charge in [-0.2, -0.15) is 0 Å². The average molecular weight is 463 g/mol. The molecule has 2 heterocycles. The van der Waals surface area contributed by atoms with Crippen molar-refractivity contribution < 1.29 is 14.3 Å². The Labute approximate surface area is 201 Å². The lowest BCUT2D eigenvalue weighted by Gasteiger charge is -2.31. The Morgan fingerprint density at radius 1 is 1.06 bits per heavy atom. The summed E-state index contributed by atoms with van der Waals surface area (Å²) in [7, 11) is 0. The summed E-state index contributed by atoms with van der Waals surface area (Å²) in [6, 6.07) is 18.0. The van der Waals surface area contributed by atoms with Gasteiger partial charge in [-0.25, -0.2) is 4.98 Å². The number of nitrogens with one attached hydrogen (secondary N) is 1. The van der Waals surface area contributed by atoms with Crippen LogP contribution < -0.4 is 5.32 Å². The van der Waals surface area contributed by atoms with Gasteiger partial charge in [-0.3, -0.25) is 14.9 Å². The lowest BCUT2D eigenvalue weighted by Crippen LogP contribution is -2.41. The highest BCUT2D eigenvalue weighted by Crippen LogP contribution is 2.23. The number of rotatable bonds is 10. The number of hydrogen-bond acceptors (Lipinski definition) is 4. The van der Waals surface area contributed by atoms with Crippen molar-refractivity contribution in [2.45, 2.75) is 45.6 Å². The molecule has 34 heavy (non-hydrogen) atoms. The molecule has 1 saturated heterocycles. The summed E-state index contributed by atoms with van der Waals surface area (Å²) >= 11 is 0. The van der Waals surface area contributed by atoms with Gasteiger partial charge in [0.2, 0.25) is 17.8 Å². The molecule has 1 N–H and O–H groups in total. The number of benzene rings is 2. The molecular formula is C27H34N4O3. The molecule has 0 saturated carbocycles. The highest BCUT2D eigenvalue weighted by Gasteiger charge is 2.28. The molecule has 0 unspecified atom stereocenters. The molecule has 0 atom stereocenters. The zero-order valence-electron chi connectivity index (χ0n) is 19.9. The predicted octanol–water partition coefficient (Wildman–Crippen LogP) is 4.27. The van der Waals surface area contributed by atoms with E-state index < -0.39 is 0 Å². The molecule has 2 amide bonds. The summed E-state index contributed by atoms with van der Waals surface area (Å²) in [5.74, 6) is 0.621. The van der Waals surface area contributed by atoms with Crippen LogP contribution >= 0.6 is 0 Å². The van der Waals surface area contributed by atoms with Gasteiger partial charge in [0.25, 0.3) is 0 Å². The molecule has 4 rings (SSSR count). The molecule has 1 fully saturated rings. The van der Waals surface area contributed by atoms with Gasteiger partial charge in [-0.15, -0.1) is 0 Å². The third-order valence-corrected chi connectivity index (χ3v) is 6.45. The Balaban J connectivity index is 1.31. The zero-order chi connectivity index (χ0) is 23.8. The van der Waals surface area contributed by atoms with Crippen LogP contribution in [-0.4, -0.2) is 52.6 Å². The lowest BCUT2D eigenvalue weighted by molar-refractivity contribution is -0.134. The van der Waals surface area contributed by atoms with Gasteiger partial charge in [0.05, 0.1) is 11.0 Å². The Bertz CT molecular complexity index is 1090. The number of nitrogens with zero attached hydrogens (tertiary/aromatic N) is 3. The topological polar surface area (TPSA) is 76.5 Å². The normalized spacial score (nSPS) is 14.4. The molecular weight excluding hydrogens is 428 g/mol. The SMILES string of the molecule is CCOCCCn1c(NC(=O)C2CCN(C(=O)CCc3ccccc3)CC2)nc2ccccc21. The van der Waals surface area contributed by atoms with E-state index in [0.717, 1.165) is 30.4 Å². The minimum absolute atomic E-state index is 0.0160. The highest BCUT2D eigenvalue weighted by atomic mass is 16.5. The van der Waals surface area contributed by atoms with Gasteiger partial charge >= 0.3 is 0 Å². The maximum absolute atomic E-state index is 13.1. The van der Waals surface area contributed by atoms with Crippen molar-refractivity contribution in [3.05, 3.63) is 60.2 Å².